The van der Waals surface area contributed by atoms with Crippen LogP contribution in [0.1, 0.15) is 23.0 Å². The number of hydrogen-bond acceptors (Lipinski definition) is 7. The van der Waals surface area contributed by atoms with Crippen molar-refractivity contribution in [3.05, 3.63) is 59.3 Å². The zero-order chi connectivity index (χ0) is 29.6. The van der Waals surface area contributed by atoms with Crippen LogP contribution in [-0.2, 0) is 16.4 Å². The molecule has 4 aromatic rings. The molecule has 0 aliphatic carbocycles. The number of carbonyl (C=O) groups is 1. The molecule has 2 heterocycles. The molecule has 5 N–H and O–H groups in total. The normalized spacial score (nSPS) is 12.1. The molecule has 0 saturated carbocycles. The van der Waals surface area contributed by atoms with E-state index >= 15 is 0 Å². The zero-order valence-electron chi connectivity index (χ0n) is 20.8. The van der Waals surface area contributed by atoms with Crippen molar-refractivity contribution < 1.29 is 40.3 Å². The summed E-state index contributed by atoms with van der Waals surface area (Å²) < 4.78 is 94.3. The first kappa shape index (κ1) is 28.5. The molecule has 16 heteroatoms. The van der Waals surface area contributed by atoms with Crippen molar-refractivity contribution in [1.29, 1.82) is 0 Å². The number of phenols is 1. The molecule has 212 valence electrons. The third kappa shape index (κ3) is 5.75. The Bertz CT molecular complexity index is 1740. The van der Waals surface area contributed by atoms with Gasteiger partial charge in [0, 0.05) is 12.1 Å². The van der Waals surface area contributed by atoms with Gasteiger partial charge >= 0.3 is 6.18 Å². The van der Waals surface area contributed by atoms with E-state index in [4.69, 9.17) is 5.73 Å². The number of nitrogens with zero attached hydrogens (tertiary/aromatic N) is 3. The van der Waals surface area contributed by atoms with Gasteiger partial charge in [-0.3, -0.25) is 14.2 Å². The number of pyridine rings is 1. The highest BCUT2D eigenvalue weighted by atomic mass is 32.2. The first-order valence-electron chi connectivity index (χ1n) is 11.4. The molecule has 10 nitrogen and oxygen atoms in total. The quantitative estimate of drug-likeness (QED) is 0.225. The maximum atomic E-state index is 14.3. The minimum absolute atomic E-state index is 0.00990. The van der Waals surface area contributed by atoms with Crippen LogP contribution in [0.2, 0.25) is 0 Å². The second-order valence-electron chi connectivity index (χ2n) is 8.68. The lowest BCUT2D eigenvalue weighted by molar-refractivity contribution is -0.127. The van der Waals surface area contributed by atoms with Gasteiger partial charge in [-0.2, -0.15) is 18.3 Å². The number of amides is 1. The van der Waals surface area contributed by atoms with Gasteiger partial charge in [-0.25, -0.2) is 22.2 Å². The predicted octanol–water partition coefficient (Wildman–Crippen LogP) is 4.34. The smallest absolute Gasteiger partial charge is 0.393 e. The van der Waals surface area contributed by atoms with Crippen LogP contribution in [0.5, 0.6) is 5.75 Å². The third-order valence-corrected chi connectivity index (χ3v) is 7.04. The first-order chi connectivity index (χ1) is 18.6. The van der Waals surface area contributed by atoms with Gasteiger partial charge in [-0.15, -0.1) is 0 Å². The first-order valence-corrected chi connectivity index (χ1v) is 13.3. The Morgan fingerprint density at radius 3 is 2.48 bits per heavy atom. The van der Waals surface area contributed by atoms with E-state index in [1.165, 1.54) is 19.1 Å². The van der Waals surface area contributed by atoms with Gasteiger partial charge in [0.05, 0.1) is 40.6 Å². The van der Waals surface area contributed by atoms with E-state index in [0.29, 0.717) is 12.1 Å². The molecule has 0 spiro atoms. The average molecular weight is 585 g/mol. The number of sulfonamides is 1. The molecule has 0 bridgehead atoms. The van der Waals surface area contributed by atoms with Gasteiger partial charge in [0.2, 0.25) is 10.0 Å². The van der Waals surface area contributed by atoms with Crippen molar-refractivity contribution in [2.24, 2.45) is 5.73 Å². The Kier molecular flexibility index (Phi) is 7.32. The fourth-order valence-electron chi connectivity index (χ4n) is 4.19. The minimum Gasteiger partial charge on any atom is -0.505 e. The predicted molar refractivity (Wildman–Crippen MR) is 137 cm³/mol. The Morgan fingerprint density at radius 1 is 1.18 bits per heavy atom. The van der Waals surface area contributed by atoms with Crippen molar-refractivity contribution >= 4 is 44.0 Å². The van der Waals surface area contributed by atoms with E-state index in [0.717, 1.165) is 22.7 Å². The maximum absolute atomic E-state index is 14.3. The van der Waals surface area contributed by atoms with Crippen LogP contribution >= 0.6 is 0 Å². The standard InChI is InChI=1S/C24H21F5N6O4S/c1-3-35(40(2,38)39)18-5-4-12(25)7-16(18)32-23-20-17(33-34-21(20)22(30)37)9-15(31-23)13-8-14(26)19(36)6-11(13)10-24(27,28)29/h4-9,36H,3,10H2,1-2H3,(H2,30,37)(H,31,32)(H,33,34). The van der Waals surface area contributed by atoms with Gasteiger partial charge < -0.3 is 16.2 Å². The number of fused-ring (bicyclic) bond motifs is 1. The van der Waals surface area contributed by atoms with Crippen LogP contribution in [-0.4, -0.2) is 53.6 Å². The number of anilines is 3. The van der Waals surface area contributed by atoms with Crippen LogP contribution in [0.15, 0.2) is 36.4 Å². The van der Waals surface area contributed by atoms with Gasteiger partial charge in [0.25, 0.3) is 5.91 Å². The molecule has 0 fully saturated rings. The van der Waals surface area contributed by atoms with E-state index in [2.05, 4.69) is 20.5 Å². The Balaban J connectivity index is 2.00. The summed E-state index contributed by atoms with van der Waals surface area (Å²) in [4.78, 5) is 16.3. The molecule has 0 unspecified atom stereocenters. The van der Waals surface area contributed by atoms with E-state index in [1.807, 2.05) is 0 Å². The van der Waals surface area contributed by atoms with Crippen molar-refractivity contribution in [3.8, 4) is 17.0 Å². The van der Waals surface area contributed by atoms with Crippen molar-refractivity contribution in [2.75, 3.05) is 22.4 Å². The van der Waals surface area contributed by atoms with Crippen LogP contribution in [0.25, 0.3) is 22.2 Å². The largest absolute Gasteiger partial charge is 0.505 e. The molecular formula is C24H21F5N6O4S. The summed E-state index contributed by atoms with van der Waals surface area (Å²) in [5.41, 5.74) is 3.85. The molecule has 2 aromatic carbocycles. The molecule has 4 rings (SSSR count). The lowest BCUT2D eigenvalue weighted by Crippen LogP contribution is -2.30. The zero-order valence-corrected chi connectivity index (χ0v) is 21.6. The topological polar surface area (TPSA) is 154 Å². The summed E-state index contributed by atoms with van der Waals surface area (Å²) in [5, 5.41) is 18.7. The number of phenolic OH excluding ortho intramolecular Hbond substituents is 1. The lowest BCUT2D eigenvalue weighted by atomic mass is 9.99. The van der Waals surface area contributed by atoms with Crippen LogP contribution in [0, 0.1) is 11.6 Å². The van der Waals surface area contributed by atoms with Gasteiger partial charge in [-0.1, -0.05) is 0 Å². The Labute approximate surface area is 223 Å². The number of H-pyrrole nitrogens is 1. The van der Waals surface area contributed by atoms with Crippen LogP contribution in [0.4, 0.5) is 39.1 Å². The SMILES string of the molecule is CCN(c1ccc(F)cc1Nc1nc(-c2cc(F)c(O)cc2CC(F)(F)F)cc2[nH]nc(C(N)=O)c12)S(C)(=O)=O. The highest BCUT2D eigenvalue weighted by molar-refractivity contribution is 7.92. The van der Waals surface area contributed by atoms with Crippen molar-refractivity contribution in [2.45, 2.75) is 19.5 Å². The number of halogens is 5. The fourth-order valence-corrected chi connectivity index (χ4v) is 5.18. The number of rotatable bonds is 8. The lowest BCUT2D eigenvalue weighted by Gasteiger charge is -2.24. The Hall–Kier alpha value is -4.47. The van der Waals surface area contributed by atoms with Gasteiger partial charge in [0.1, 0.15) is 11.6 Å². The molecule has 0 aliphatic heterocycles. The monoisotopic (exact) mass is 584 g/mol. The highest BCUT2D eigenvalue weighted by Crippen LogP contribution is 2.38. The fraction of sp³-hybridized carbons (Fsp3) is 0.208. The van der Waals surface area contributed by atoms with Crippen molar-refractivity contribution in [3.63, 3.8) is 0 Å². The summed E-state index contributed by atoms with van der Waals surface area (Å²) in [6, 6.07) is 5.62. The van der Waals surface area contributed by atoms with Crippen LogP contribution in [0.3, 0.4) is 0 Å². The number of alkyl halides is 3. The average Bonchev–Trinajstić information content (AvgIpc) is 3.26. The minimum atomic E-state index is -4.73. The number of hydrogen-bond donors (Lipinski definition) is 4. The highest BCUT2D eigenvalue weighted by Gasteiger charge is 2.31. The third-order valence-electron chi connectivity index (χ3n) is 5.79. The molecule has 0 saturated heterocycles. The Morgan fingerprint density at radius 2 is 1.88 bits per heavy atom. The second-order valence-corrected chi connectivity index (χ2v) is 10.6. The van der Waals surface area contributed by atoms with Crippen LogP contribution < -0.4 is 15.4 Å². The second kappa shape index (κ2) is 10.3. The summed E-state index contributed by atoms with van der Waals surface area (Å²) in [5.74, 6) is -4.30. The number of carbonyl (C=O) groups excluding carboxylic acids is 1. The number of aromatic hydroxyl groups is 1. The van der Waals surface area contributed by atoms with Gasteiger partial charge in [-0.05, 0) is 48.9 Å². The number of nitrogens with one attached hydrogen (secondary N) is 2. The molecule has 0 aliphatic rings. The number of primary amides is 1. The molecule has 0 atom stereocenters. The van der Waals surface area contributed by atoms with E-state index in [9.17, 15) is 40.3 Å². The summed E-state index contributed by atoms with van der Waals surface area (Å²) in [6.45, 7) is 1.49. The van der Waals surface area contributed by atoms with Crippen molar-refractivity contribution in [1.82, 2.24) is 15.2 Å². The molecule has 0 radical (unpaired) electrons. The molecule has 40 heavy (non-hydrogen) atoms. The summed E-state index contributed by atoms with van der Waals surface area (Å²) in [7, 11) is -3.85. The summed E-state index contributed by atoms with van der Waals surface area (Å²) >= 11 is 0. The van der Waals surface area contributed by atoms with E-state index < -0.39 is 51.5 Å². The summed E-state index contributed by atoms with van der Waals surface area (Å²) in [6.07, 6.45) is -5.34. The molecule has 1 amide bonds. The molecular weight excluding hydrogens is 563 g/mol. The van der Waals surface area contributed by atoms with E-state index in [1.54, 1.807) is 0 Å². The van der Waals surface area contributed by atoms with E-state index in [-0.39, 0.29) is 51.6 Å². The molecule has 2 aromatic heterocycles. The number of nitrogens with two attached hydrogens (primary N) is 1. The number of aromatic amines is 1. The number of benzene rings is 2. The van der Waals surface area contributed by atoms with Gasteiger partial charge in [0.15, 0.2) is 17.3 Å². The maximum Gasteiger partial charge on any atom is 0.393 e. The number of aromatic nitrogens is 3.